The second-order valence-electron chi connectivity index (χ2n) is 4.78. The van der Waals surface area contributed by atoms with Crippen molar-refractivity contribution in [2.24, 2.45) is 5.73 Å². The molecule has 0 bridgehead atoms. The van der Waals surface area contributed by atoms with Gasteiger partial charge in [0.2, 0.25) is 0 Å². The van der Waals surface area contributed by atoms with E-state index in [1.54, 1.807) is 11.8 Å². The van der Waals surface area contributed by atoms with E-state index in [0.29, 0.717) is 5.02 Å². The van der Waals surface area contributed by atoms with Gasteiger partial charge in [-0.1, -0.05) is 48.9 Å². The molecular weight excluding hydrogens is 302 g/mol. The molecule has 112 valence electrons. The maximum absolute atomic E-state index is 6.32. The summed E-state index contributed by atoms with van der Waals surface area (Å²) >= 11 is 7.98. The van der Waals surface area contributed by atoms with Crippen molar-refractivity contribution in [3.8, 4) is 5.75 Å². The zero-order valence-electron chi connectivity index (χ0n) is 12.3. The smallest absolute Gasteiger partial charge is 0.140 e. The molecule has 2 nitrogen and oxygen atoms in total. The minimum atomic E-state index is -0.253. The molecule has 0 amide bonds. The number of benzene rings is 2. The van der Waals surface area contributed by atoms with Crippen LogP contribution in [0.2, 0.25) is 5.02 Å². The summed E-state index contributed by atoms with van der Waals surface area (Å²) in [7, 11) is 0. The van der Waals surface area contributed by atoms with Crippen LogP contribution in [0.5, 0.6) is 5.75 Å². The topological polar surface area (TPSA) is 35.2 Å². The van der Waals surface area contributed by atoms with Gasteiger partial charge in [-0.2, -0.15) is 0 Å². The fraction of sp³-hybridized carbons (Fsp3) is 0.294. The summed E-state index contributed by atoms with van der Waals surface area (Å²) in [6.07, 6.45) is 2.60. The van der Waals surface area contributed by atoms with Gasteiger partial charge in [-0.3, -0.25) is 0 Å². The monoisotopic (exact) mass is 321 g/mol. The summed E-state index contributed by atoms with van der Waals surface area (Å²) < 4.78 is 6.23. The van der Waals surface area contributed by atoms with Gasteiger partial charge >= 0.3 is 0 Å². The van der Waals surface area contributed by atoms with Crippen LogP contribution in [0.25, 0.3) is 0 Å². The second kappa shape index (κ2) is 7.74. The van der Waals surface area contributed by atoms with E-state index in [1.165, 1.54) is 0 Å². The van der Waals surface area contributed by atoms with Crippen molar-refractivity contribution in [3.63, 3.8) is 0 Å². The molecule has 2 N–H and O–H groups in total. The molecule has 2 aromatic rings. The van der Waals surface area contributed by atoms with E-state index in [1.807, 2.05) is 54.8 Å². The first-order chi connectivity index (χ1) is 10.2. The van der Waals surface area contributed by atoms with Gasteiger partial charge in [0.15, 0.2) is 0 Å². The molecule has 0 saturated heterocycles. The molecule has 2 rings (SSSR count). The molecule has 0 heterocycles. The lowest BCUT2D eigenvalue weighted by molar-refractivity contribution is 0.167. The van der Waals surface area contributed by atoms with E-state index < -0.39 is 0 Å². The zero-order valence-corrected chi connectivity index (χ0v) is 13.8. The number of rotatable bonds is 6. The normalized spacial score (nSPS) is 13.7. The lowest BCUT2D eigenvalue weighted by atomic mass is 10.0. The maximum atomic E-state index is 6.32. The van der Waals surface area contributed by atoms with Crippen molar-refractivity contribution in [3.05, 3.63) is 59.1 Å². The van der Waals surface area contributed by atoms with E-state index in [2.05, 4.69) is 6.92 Å². The standard InChI is InChI=1S/C17H20ClNOS/c1-3-14(19)17(12-8-4-5-9-13(12)18)20-15-10-6-7-11-16(15)21-2/h4-11,14,17H,3,19H2,1-2H3. The number of nitrogens with two attached hydrogens (primary N) is 1. The number of para-hydroxylation sites is 1. The molecule has 2 aromatic carbocycles. The maximum Gasteiger partial charge on any atom is 0.140 e. The number of halogens is 1. The van der Waals surface area contributed by atoms with Crippen LogP contribution in [0.15, 0.2) is 53.4 Å². The molecule has 0 aliphatic carbocycles. The van der Waals surface area contributed by atoms with Crippen molar-refractivity contribution in [2.45, 2.75) is 30.4 Å². The summed E-state index contributed by atoms with van der Waals surface area (Å²) in [6.45, 7) is 2.05. The second-order valence-corrected chi connectivity index (χ2v) is 6.04. The summed E-state index contributed by atoms with van der Waals surface area (Å²) in [5, 5.41) is 0.688. The van der Waals surface area contributed by atoms with Crippen LogP contribution in [-0.4, -0.2) is 12.3 Å². The Hall–Kier alpha value is -1.16. The Morgan fingerprint density at radius 3 is 2.48 bits per heavy atom. The number of hydrogen-bond acceptors (Lipinski definition) is 3. The van der Waals surface area contributed by atoms with Gasteiger partial charge in [-0.25, -0.2) is 0 Å². The minimum Gasteiger partial charge on any atom is -0.483 e. The third-order valence-corrected chi connectivity index (χ3v) is 4.52. The molecular formula is C17H20ClNOS. The fourth-order valence-electron chi connectivity index (χ4n) is 2.15. The van der Waals surface area contributed by atoms with Gasteiger partial charge in [0, 0.05) is 21.5 Å². The van der Waals surface area contributed by atoms with E-state index in [-0.39, 0.29) is 12.1 Å². The third kappa shape index (κ3) is 3.94. The van der Waals surface area contributed by atoms with Crippen molar-refractivity contribution in [1.82, 2.24) is 0 Å². The van der Waals surface area contributed by atoms with E-state index in [4.69, 9.17) is 22.1 Å². The van der Waals surface area contributed by atoms with Crippen LogP contribution < -0.4 is 10.5 Å². The lowest BCUT2D eigenvalue weighted by Gasteiger charge is -2.26. The van der Waals surface area contributed by atoms with Gasteiger partial charge in [-0.05, 0) is 30.9 Å². The van der Waals surface area contributed by atoms with Crippen molar-refractivity contribution in [2.75, 3.05) is 6.26 Å². The quantitative estimate of drug-likeness (QED) is 0.767. The molecule has 2 atom stereocenters. The molecule has 0 aliphatic heterocycles. The number of ether oxygens (including phenoxy) is 1. The van der Waals surface area contributed by atoms with Gasteiger partial charge in [0.1, 0.15) is 11.9 Å². The Bertz CT molecular complexity index is 591. The first-order valence-electron chi connectivity index (χ1n) is 6.97. The van der Waals surface area contributed by atoms with Gasteiger partial charge in [-0.15, -0.1) is 11.8 Å². The van der Waals surface area contributed by atoms with Crippen LogP contribution >= 0.6 is 23.4 Å². The predicted molar refractivity (Wildman–Crippen MR) is 91.3 cm³/mol. The molecule has 21 heavy (non-hydrogen) atoms. The summed E-state index contributed by atoms with van der Waals surface area (Å²) in [5.41, 5.74) is 7.20. The molecule has 0 fully saturated rings. The zero-order chi connectivity index (χ0) is 15.2. The number of thioether (sulfide) groups is 1. The Balaban J connectivity index is 2.36. The highest BCUT2D eigenvalue weighted by Gasteiger charge is 2.23. The summed E-state index contributed by atoms with van der Waals surface area (Å²) in [5.74, 6) is 0.846. The molecule has 0 aromatic heterocycles. The Kier molecular flexibility index (Phi) is 5.97. The first kappa shape index (κ1) is 16.2. The summed E-state index contributed by atoms with van der Waals surface area (Å²) in [4.78, 5) is 1.10. The van der Waals surface area contributed by atoms with Crippen LogP contribution in [0.4, 0.5) is 0 Å². The Morgan fingerprint density at radius 2 is 1.81 bits per heavy atom. The Labute approximate surface area is 135 Å². The van der Waals surface area contributed by atoms with Crippen molar-refractivity contribution < 1.29 is 4.74 Å². The molecule has 0 spiro atoms. The Morgan fingerprint density at radius 1 is 1.14 bits per heavy atom. The van der Waals surface area contributed by atoms with E-state index >= 15 is 0 Å². The molecule has 0 radical (unpaired) electrons. The highest BCUT2D eigenvalue weighted by atomic mass is 35.5. The average molecular weight is 322 g/mol. The fourth-order valence-corrected chi connectivity index (χ4v) is 2.93. The number of hydrogen-bond donors (Lipinski definition) is 1. The lowest BCUT2D eigenvalue weighted by Crippen LogP contribution is -2.31. The first-order valence-corrected chi connectivity index (χ1v) is 8.57. The molecule has 2 unspecified atom stereocenters. The summed E-state index contributed by atoms with van der Waals surface area (Å²) in [6, 6.07) is 15.6. The van der Waals surface area contributed by atoms with Crippen LogP contribution in [0, 0.1) is 0 Å². The van der Waals surface area contributed by atoms with Gasteiger partial charge in [0.25, 0.3) is 0 Å². The molecule has 0 saturated carbocycles. The highest BCUT2D eigenvalue weighted by Crippen LogP contribution is 2.34. The van der Waals surface area contributed by atoms with Crippen LogP contribution in [-0.2, 0) is 0 Å². The molecule has 0 aliphatic rings. The van der Waals surface area contributed by atoms with E-state index in [0.717, 1.165) is 22.6 Å². The SMILES string of the molecule is CCC(N)C(Oc1ccccc1SC)c1ccccc1Cl. The average Bonchev–Trinajstić information content (AvgIpc) is 2.53. The largest absolute Gasteiger partial charge is 0.483 e. The van der Waals surface area contributed by atoms with Gasteiger partial charge < -0.3 is 10.5 Å². The minimum absolute atomic E-state index is 0.111. The van der Waals surface area contributed by atoms with Crippen LogP contribution in [0.1, 0.15) is 25.0 Å². The predicted octanol–water partition coefficient (Wildman–Crippen LogP) is 4.92. The van der Waals surface area contributed by atoms with Gasteiger partial charge in [0.05, 0.1) is 0 Å². The highest BCUT2D eigenvalue weighted by molar-refractivity contribution is 7.98. The molecule has 4 heteroatoms. The van der Waals surface area contributed by atoms with Crippen LogP contribution in [0.3, 0.4) is 0 Å². The van der Waals surface area contributed by atoms with Crippen molar-refractivity contribution >= 4 is 23.4 Å². The third-order valence-electron chi connectivity index (χ3n) is 3.40. The van der Waals surface area contributed by atoms with E-state index in [9.17, 15) is 0 Å². The van der Waals surface area contributed by atoms with Crippen molar-refractivity contribution in [1.29, 1.82) is 0 Å².